The molecule has 4 nitrogen and oxygen atoms in total. The normalized spacial score (nSPS) is 22.4. The molecule has 5 heteroatoms. The monoisotopic (exact) mass is 290 g/mol. The summed E-state index contributed by atoms with van der Waals surface area (Å²) in [6, 6.07) is 6.06. The molecule has 112 valence electrons. The predicted molar refractivity (Wildman–Crippen MR) is 78.6 cm³/mol. The summed E-state index contributed by atoms with van der Waals surface area (Å²) >= 11 is 0. The van der Waals surface area contributed by atoms with Gasteiger partial charge in [-0.05, 0) is 37.1 Å². The van der Waals surface area contributed by atoms with Crippen LogP contribution in [-0.2, 0) is 0 Å². The molecule has 21 heavy (non-hydrogen) atoms. The van der Waals surface area contributed by atoms with Gasteiger partial charge in [0.25, 0.3) is 5.91 Å². The van der Waals surface area contributed by atoms with Crippen LogP contribution >= 0.6 is 0 Å². The van der Waals surface area contributed by atoms with Gasteiger partial charge in [0, 0.05) is 29.5 Å². The number of carbonyl (C=O) groups excluding carboxylic acids is 1. The first-order valence-corrected chi connectivity index (χ1v) is 7.37. The summed E-state index contributed by atoms with van der Waals surface area (Å²) in [5.41, 5.74) is 1.17. The molecule has 1 aliphatic rings. The van der Waals surface area contributed by atoms with Crippen molar-refractivity contribution in [2.45, 2.75) is 31.7 Å². The molecule has 1 aromatic carbocycles. The lowest BCUT2D eigenvalue weighted by molar-refractivity contribution is 0.0868. The van der Waals surface area contributed by atoms with Gasteiger partial charge in [0.2, 0.25) is 0 Å². The second-order valence-corrected chi connectivity index (χ2v) is 5.72. The minimum absolute atomic E-state index is 0.0133. The number of halogens is 1. The third kappa shape index (κ3) is 2.93. The van der Waals surface area contributed by atoms with Gasteiger partial charge < -0.3 is 15.4 Å². The lowest BCUT2D eigenvalue weighted by atomic mass is 9.85. The topological polar surface area (TPSA) is 65.1 Å². The van der Waals surface area contributed by atoms with Crippen molar-refractivity contribution in [1.29, 1.82) is 0 Å². The summed E-state index contributed by atoms with van der Waals surface area (Å²) in [7, 11) is 0. The van der Waals surface area contributed by atoms with Gasteiger partial charge in [-0.15, -0.1) is 0 Å². The molecule has 1 aromatic heterocycles. The number of H-pyrrole nitrogens is 1. The van der Waals surface area contributed by atoms with Crippen molar-refractivity contribution in [3.05, 3.63) is 35.8 Å². The van der Waals surface area contributed by atoms with E-state index in [2.05, 4.69) is 10.3 Å². The molecule has 0 spiro atoms. The molecule has 1 saturated carbocycles. The number of amides is 1. The zero-order valence-corrected chi connectivity index (χ0v) is 11.7. The smallest absolute Gasteiger partial charge is 0.267 e. The highest BCUT2D eigenvalue weighted by molar-refractivity contribution is 5.98. The number of carbonyl (C=O) groups is 1. The molecule has 2 atom stereocenters. The van der Waals surface area contributed by atoms with Crippen molar-refractivity contribution < 1.29 is 14.3 Å². The summed E-state index contributed by atoms with van der Waals surface area (Å²) < 4.78 is 13.2. The van der Waals surface area contributed by atoms with E-state index in [0.717, 1.165) is 31.2 Å². The molecule has 0 saturated heterocycles. The van der Waals surface area contributed by atoms with E-state index < -0.39 is 0 Å². The van der Waals surface area contributed by atoms with E-state index in [1.54, 1.807) is 12.1 Å². The highest BCUT2D eigenvalue weighted by Crippen LogP contribution is 2.24. The third-order valence-corrected chi connectivity index (χ3v) is 4.29. The van der Waals surface area contributed by atoms with E-state index >= 15 is 0 Å². The van der Waals surface area contributed by atoms with Crippen LogP contribution in [0.25, 0.3) is 10.9 Å². The number of hydrogen-bond donors (Lipinski definition) is 3. The molecular weight excluding hydrogens is 271 g/mol. The maximum atomic E-state index is 13.2. The lowest BCUT2D eigenvalue weighted by Gasteiger charge is -2.30. The average Bonchev–Trinajstić information content (AvgIpc) is 2.91. The minimum Gasteiger partial charge on any atom is -0.396 e. The summed E-state index contributed by atoms with van der Waals surface area (Å²) in [6.45, 7) is 0.100. The number of benzene rings is 1. The highest BCUT2D eigenvalue weighted by atomic mass is 19.1. The summed E-state index contributed by atoms with van der Waals surface area (Å²) in [5, 5.41) is 13.1. The zero-order chi connectivity index (χ0) is 14.8. The Morgan fingerprint density at radius 3 is 2.95 bits per heavy atom. The van der Waals surface area contributed by atoms with E-state index in [9.17, 15) is 14.3 Å². The number of hydrogen-bond acceptors (Lipinski definition) is 2. The van der Waals surface area contributed by atoms with Crippen molar-refractivity contribution in [3.63, 3.8) is 0 Å². The molecule has 0 bridgehead atoms. The van der Waals surface area contributed by atoms with E-state index in [1.165, 1.54) is 12.1 Å². The van der Waals surface area contributed by atoms with E-state index in [1.807, 2.05) is 0 Å². The van der Waals surface area contributed by atoms with Gasteiger partial charge in [0.15, 0.2) is 0 Å². The Kier molecular flexibility index (Phi) is 3.92. The fraction of sp³-hybridized carbons (Fsp3) is 0.438. The molecule has 2 aromatic rings. The molecule has 1 amide bonds. The van der Waals surface area contributed by atoms with Gasteiger partial charge in [-0.25, -0.2) is 4.39 Å². The van der Waals surface area contributed by atoms with Gasteiger partial charge in [0.1, 0.15) is 11.5 Å². The quantitative estimate of drug-likeness (QED) is 0.813. The molecule has 1 fully saturated rings. The van der Waals surface area contributed by atoms with E-state index in [0.29, 0.717) is 11.1 Å². The van der Waals surface area contributed by atoms with Crippen molar-refractivity contribution >= 4 is 16.8 Å². The van der Waals surface area contributed by atoms with Crippen LogP contribution in [0.15, 0.2) is 24.3 Å². The Labute approximate surface area is 122 Å². The largest absolute Gasteiger partial charge is 0.396 e. The Bertz CT molecular complexity index is 653. The molecule has 2 unspecified atom stereocenters. The van der Waals surface area contributed by atoms with E-state index in [-0.39, 0.29) is 30.3 Å². The van der Waals surface area contributed by atoms with Crippen molar-refractivity contribution in [2.24, 2.45) is 5.92 Å². The van der Waals surface area contributed by atoms with Gasteiger partial charge in [0.05, 0.1) is 0 Å². The number of rotatable bonds is 3. The van der Waals surface area contributed by atoms with Crippen LogP contribution in [0, 0.1) is 11.7 Å². The minimum atomic E-state index is -0.318. The first-order chi connectivity index (χ1) is 10.2. The van der Waals surface area contributed by atoms with Crippen LogP contribution in [0.2, 0.25) is 0 Å². The van der Waals surface area contributed by atoms with Gasteiger partial charge >= 0.3 is 0 Å². The fourth-order valence-electron chi connectivity index (χ4n) is 3.09. The standard InChI is InChI=1S/C16H19FN2O2/c17-12-5-6-14-11(7-12)8-15(18-14)16(21)19-13-4-2-1-3-10(13)9-20/h5-8,10,13,18,20H,1-4,9H2,(H,19,21). The number of aliphatic hydroxyl groups excluding tert-OH is 1. The van der Waals surface area contributed by atoms with Crippen LogP contribution in [0.1, 0.15) is 36.2 Å². The lowest BCUT2D eigenvalue weighted by Crippen LogP contribution is -2.43. The molecule has 0 radical (unpaired) electrons. The second-order valence-electron chi connectivity index (χ2n) is 5.72. The number of aromatic amines is 1. The molecule has 1 heterocycles. The highest BCUT2D eigenvalue weighted by Gasteiger charge is 2.26. The van der Waals surface area contributed by atoms with Crippen LogP contribution < -0.4 is 5.32 Å². The maximum Gasteiger partial charge on any atom is 0.267 e. The summed E-state index contributed by atoms with van der Waals surface area (Å²) in [4.78, 5) is 15.3. The summed E-state index contributed by atoms with van der Waals surface area (Å²) in [5.74, 6) is -0.387. The first kappa shape index (κ1) is 14.1. The number of aromatic nitrogens is 1. The Hall–Kier alpha value is -1.88. The van der Waals surface area contributed by atoms with E-state index in [4.69, 9.17) is 0 Å². The van der Waals surface area contributed by atoms with Gasteiger partial charge in [-0.3, -0.25) is 4.79 Å². The number of nitrogens with one attached hydrogen (secondary N) is 2. The molecule has 3 rings (SSSR count). The van der Waals surface area contributed by atoms with Gasteiger partial charge in [-0.2, -0.15) is 0 Å². The molecule has 0 aliphatic heterocycles. The molecule has 1 aliphatic carbocycles. The average molecular weight is 290 g/mol. The first-order valence-electron chi connectivity index (χ1n) is 7.37. The third-order valence-electron chi connectivity index (χ3n) is 4.29. The van der Waals surface area contributed by atoms with Crippen LogP contribution in [0.5, 0.6) is 0 Å². The van der Waals surface area contributed by atoms with Crippen molar-refractivity contribution in [2.75, 3.05) is 6.61 Å². The van der Waals surface area contributed by atoms with Crippen molar-refractivity contribution in [3.8, 4) is 0 Å². The number of fused-ring (bicyclic) bond motifs is 1. The van der Waals surface area contributed by atoms with Gasteiger partial charge in [-0.1, -0.05) is 12.8 Å². The maximum absolute atomic E-state index is 13.2. The Morgan fingerprint density at radius 1 is 1.33 bits per heavy atom. The Balaban J connectivity index is 1.77. The zero-order valence-electron chi connectivity index (χ0n) is 11.7. The molecular formula is C16H19FN2O2. The second kappa shape index (κ2) is 5.85. The predicted octanol–water partition coefficient (Wildman–Crippen LogP) is 2.59. The van der Waals surface area contributed by atoms with Crippen LogP contribution in [-0.4, -0.2) is 28.6 Å². The fourth-order valence-corrected chi connectivity index (χ4v) is 3.09. The summed E-state index contributed by atoms with van der Waals surface area (Å²) in [6.07, 6.45) is 4.01. The van der Waals surface area contributed by atoms with Crippen molar-refractivity contribution in [1.82, 2.24) is 10.3 Å². The SMILES string of the molecule is O=C(NC1CCCCC1CO)c1cc2cc(F)ccc2[nH]1. The molecule has 3 N–H and O–H groups in total. The van der Waals surface area contributed by atoms with Crippen LogP contribution in [0.4, 0.5) is 4.39 Å². The van der Waals surface area contributed by atoms with Crippen LogP contribution in [0.3, 0.4) is 0 Å². The Morgan fingerprint density at radius 2 is 2.14 bits per heavy atom. The number of aliphatic hydroxyl groups is 1.